The van der Waals surface area contributed by atoms with Crippen LogP contribution in [0, 0.1) is 12.7 Å². The Kier molecular flexibility index (Phi) is 5.47. The summed E-state index contributed by atoms with van der Waals surface area (Å²) in [5, 5.41) is 5.26. The van der Waals surface area contributed by atoms with Gasteiger partial charge >= 0.3 is 0 Å². The fraction of sp³-hybridized carbons (Fsp3) is 0.0500. The quantitative estimate of drug-likeness (QED) is 0.686. The first-order valence-corrected chi connectivity index (χ1v) is 8.41. The lowest BCUT2D eigenvalue weighted by Crippen LogP contribution is -2.17. The van der Waals surface area contributed by atoms with Gasteiger partial charge in [-0.1, -0.05) is 29.8 Å². The maximum atomic E-state index is 13.2. The molecular formula is C20H15ClFN3O2. The Labute approximate surface area is 160 Å². The van der Waals surface area contributed by atoms with Crippen LogP contribution in [-0.4, -0.2) is 16.8 Å². The maximum absolute atomic E-state index is 13.2. The number of carbonyl (C=O) groups excluding carboxylic acids is 2. The van der Waals surface area contributed by atoms with Crippen LogP contribution < -0.4 is 10.6 Å². The van der Waals surface area contributed by atoms with Gasteiger partial charge in [0.05, 0.1) is 5.02 Å². The average molecular weight is 384 g/mol. The second-order valence-electron chi connectivity index (χ2n) is 5.78. The molecule has 0 aliphatic rings. The molecule has 0 aliphatic carbocycles. The SMILES string of the molecule is Cc1ccccc1NC(=O)c1ccnc(C(=O)Nc2ccc(F)c(Cl)c2)c1. The summed E-state index contributed by atoms with van der Waals surface area (Å²) in [7, 11) is 0. The second kappa shape index (κ2) is 7.97. The number of amides is 2. The van der Waals surface area contributed by atoms with Gasteiger partial charge in [0, 0.05) is 23.1 Å². The van der Waals surface area contributed by atoms with Crippen molar-refractivity contribution in [2.24, 2.45) is 0 Å². The topological polar surface area (TPSA) is 71.1 Å². The summed E-state index contributed by atoms with van der Waals surface area (Å²) in [6.45, 7) is 1.88. The molecule has 27 heavy (non-hydrogen) atoms. The van der Waals surface area contributed by atoms with Crippen molar-refractivity contribution < 1.29 is 14.0 Å². The zero-order valence-corrected chi connectivity index (χ0v) is 15.0. The molecule has 7 heteroatoms. The van der Waals surface area contributed by atoms with Crippen molar-refractivity contribution in [2.75, 3.05) is 10.6 Å². The highest BCUT2D eigenvalue weighted by Gasteiger charge is 2.13. The summed E-state index contributed by atoms with van der Waals surface area (Å²) < 4.78 is 13.2. The van der Waals surface area contributed by atoms with Gasteiger partial charge in [0.2, 0.25) is 0 Å². The smallest absolute Gasteiger partial charge is 0.274 e. The molecule has 0 radical (unpaired) electrons. The van der Waals surface area contributed by atoms with Crippen molar-refractivity contribution in [2.45, 2.75) is 6.92 Å². The number of rotatable bonds is 4. The minimum atomic E-state index is -0.581. The predicted octanol–water partition coefficient (Wildman–Crippen LogP) is 4.69. The standard InChI is InChI=1S/C20H15ClFN3O2/c1-12-4-2-3-5-17(12)25-19(26)13-8-9-23-18(10-13)20(27)24-14-6-7-16(22)15(21)11-14/h2-11H,1H3,(H,24,27)(H,25,26). The summed E-state index contributed by atoms with van der Waals surface area (Å²) in [5.41, 5.74) is 2.27. The highest BCUT2D eigenvalue weighted by molar-refractivity contribution is 6.31. The number of para-hydroxylation sites is 1. The molecule has 2 amide bonds. The zero-order valence-electron chi connectivity index (χ0n) is 14.3. The van der Waals surface area contributed by atoms with Crippen LogP contribution in [0.2, 0.25) is 5.02 Å². The molecule has 2 aromatic carbocycles. The third kappa shape index (κ3) is 4.48. The number of carbonyl (C=O) groups is 2. The largest absolute Gasteiger partial charge is 0.322 e. The summed E-state index contributed by atoms with van der Waals surface area (Å²) in [6, 6.07) is 14.1. The van der Waals surface area contributed by atoms with Gasteiger partial charge < -0.3 is 10.6 Å². The van der Waals surface area contributed by atoms with Gasteiger partial charge in [-0.25, -0.2) is 4.39 Å². The molecular weight excluding hydrogens is 369 g/mol. The molecule has 5 nitrogen and oxygen atoms in total. The Morgan fingerprint density at radius 2 is 1.78 bits per heavy atom. The molecule has 0 spiro atoms. The van der Waals surface area contributed by atoms with Crippen LogP contribution in [0.3, 0.4) is 0 Å². The van der Waals surface area contributed by atoms with Crippen LogP contribution in [0.4, 0.5) is 15.8 Å². The van der Waals surface area contributed by atoms with Gasteiger partial charge in [-0.15, -0.1) is 0 Å². The molecule has 136 valence electrons. The van der Waals surface area contributed by atoms with E-state index in [1.54, 1.807) is 6.07 Å². The van der Waals surface area contributed by atoms with E-state index in [2.05, 4.69) is 15.6 Å². The van der Waals surface area contributed by atoms with Crippen molar-refractivity contribution in [1.29, 1.82) is 0 Å². The van der Waals surface area contributed by atoms with Crippen LogP contribution in [0.25, 0.3) is 0 Å². The molecule has 1 heterocycles. The molecule has 2 N–H and O–H groups in total. The lowest BCUT2D eigenvalue weighted by atomic mass is 10.1. The van der Waals surface area contributed by atoms with Crippen molar-refractivity contribution in [1.82, 2.24) is 4.98 Å². The first kappa shape index (κ1) is 18.5. The molecule has 3 aromatic rings. The van der Waals surface area contributed by atoms with Crippen LogP contribution in [0.1, 0.15) is 26.4 Å². The summed E-state index contributed by atoms with van der Waals surface area (Å²) in [5.74, 6) is -1.48. The van der Waals surface area contributed by atoms with Crippen molar-refractivity contribution in [3.05, 3.63) is 88.5 Å². The number of pyridine rings is 1. The Morgan fingerprint density at radius 1 is 1.00 bits per heavy atom. The van der Waals surface area contributed by atoms with E-state index in [1.165, 1.54) is 30.5 Å². The van der Waals surface area contributed by atoms with Gasteiger partial charge in [0.15, 0.2) is 0 Å². The van der Waals surface area contributed by atoms with Crippen LogP contribution in [-0.2, 0) is 0 Å². The number of benzene rings is 2. The van der Waals surface area contributed by atoms with E-state index >= 15 is 0 Å². The number of hydrogen-bond donors (Lipinski definition) is 2. The normalized spacial score (nSPS) is 10.3. The number of hydrogen-bond acceptors (Lipinski definition) is 3. The van der Waals surface area contributed by atoms with E-state index in [9.17, 15) is 14.0 Å². The Morgan fingerprint density at radius 3 is 2.52 bits per heavy atom. The highest BCUT2D eigenvalue weighted by Crippen LogP contribution is 2.20. The van der Waals surface area contributed by atoms with Crippen molar-refractivity contribution in [3.63, 3.8) is 0 Å². The van der Waals surface area contributed by atoms with E-state index < -0.39 is 11.7 Å². The minimum Gasteiger partial charge on any atom is -0.322 e. The van der Waals surface area contributed by atoms with E-state index in [4.69, 9.17) is 11.6 Å². The van der Waals surface area contributed by atoms with Crippen molar-refractivity contribution >= 4 is 34.8 Å². The molecule has 0 unspecified atom stereocenters. The van der Waals surface area contributed by atoms with Gasteiger partial charge in [-0.3, -0.25) is 14.6 Å². The molecule has 0 fully saturated rings. The first-order chi connectivity index (χ1) is 12.9. The lowest BCUT2D eigenvalue weighted by molar-refractivity contribution is 0.102. The van der Waals surface area contributed by atoms with Gasteiger partial charge in [-0.2, -0.15) is 0 Å². The van der Waals surface area contributed by atoms with Gasteiger partial charge in [0.1, 0.15) is 11.5 Å². The van der Waals surface area contributed by atoms with Crippen LogP contribution >= 0.6 is 11.6 Å². The fourth-order valence-electron chi connectivity index (χ4n) is 2.37. The summed E-state index contributed by atoms with van der Waals surface area (Å²) in [4.78, 5) is 28.8. The van der Waals surface area contributed by atoms with Gasteiger partial charge in [0.25, 0.3) is 11.8 Å². The number of nitrogens with one attached hydrogen (secondary N) is 2. The third-order valence-corrected chi connectivity index (χ3v) is 4.12. The predicted molar refractivity (Wildman–Crippen MR) is 103 cm³/mol. The molecule has 1 aromatic heterocycles. The van der Waals surface area contributed by atoms with E-state index in [0.29, 0.717) is 11.4 Å². The highest BCUT2D eigenvalue weighted by atomic mass is 35.5. The maximum Gasteiger partial charge on any atom is 0.274 e. The molecule has 0 atom stereocenters. The number of halogens is 2. The third-order valence-electron chi connectivity index (χ3n) is 3.83. The molecule has 0 bridgehead atoms. The molecule has 0 aliphatic heterocycles. The summed E-state index contributed by atoms with van der Waals surface area (Å²) in [6.07, 6.45) is 1.37. The fourth-order valence-corrected chi connectivity index (χ4v) is 2.55. The molecule has 3 rings (SSSR count). The van der Waals surface area contributed by atoms with Crippen LogP contribution in [0.15, 0.2) is 60.8 Å². The molecule has 0 saturated heterocycles. The monoisotopic (exact) mass is 383 g/mol. The Bertz CT molecular complexity index is 1020. The molecule has 0 saturated carbocycles. The summed E-state index contributed by atoms with van der Waals surface area (Å²) >= 11 is 5.70. The van der Waals surface area contributed by atoms with Crippen molar-refractivity contribution in [3.8, 4) is 0 Å². The Hall–Kier alpha value is -3.25. The Balaban J connectivity index is 1.76. The number of aromatic nitrogens is 1. The number of anilines is 2. The lowest BCUT2D eigenvalue weighted by Gasteiger charge is -2.09. The second-order valence-corrected chi connectivity index (χ2v) is 6.19. The average Bonchev–Trinajstić information content (AvgIpc) is 2.66. The van der Waals surface area contributed by atoms with Gasteiger partial charge in [-0.05, 0) is 48.9 Å². The van der Waals surface area contributed by atoms with E-state index in [0.717, 1.165) is 11.6 Å². The number of nitrogens with zero attached hydrogens (tertiary/aromatic N) is 1. The number of aryl methyl sites for hydroxylation is 1. The first-order valence-electron chi connectivity index (χ1n) is 8.03. The van der Waals surface area contributed by atoms with Crippen LogP contribution in [0.5, 0.6) is 0 Å². The van der Waals surface area contributed by atoms with E-state index in [-0.39, 0.29) is 22.2 Å². The van der Waals surface area contributed by atoms with E-state index in [1.807, 2.05) is 25.1 Å². The minimum absolute atomic E-state index is 0.0490. The zero-order chi connectivity index (χ0) is 19.4.